The highest BCUT2D eigenvalue weighted by molar-refractivity contribution is 5.99. The highest BCUT2D eigenvalue weighted by Crippen LogP contribution is 2.28. The number of ether oxygens (including phenoxy) is 2. The Hall–Kier alpha value is -2.89. The van der Waals surface area contributed by atoms with E-state index in [-0.39, 0.29) is 24.1 Å². The largest absolute Gasteiger partial charge is 0.489 e. The van der Waals surface area contributed by atoms with Crippen molar-refractivity contribution in [2.45, 2.75) is 39.4 Å². The minimum Gasteiger partial charge on any atom is -0.489 e. The van der Waals surface area contributed by atoms with Crippen molar-refractivity contribution in [3.63, 3.8) is 0 Å². The first-order valence-electron chi connectivity index (χ1n) is 9.22. The molecule has 6 heteroatoms. The van der Waals surface area contributed by atoms with Gasteiger partial charge in [-0.3, -0.25) is 9.59 Å². The number of amides is 1. The molecule has 1 unspecified atom stereocenters. The third-order valence-corrected chi connectivity index (χ3v) is 4.33. The second kappa shape index (κ2) is 8.00. The minimum atomic E-state index is -0.572. The topological polar surface area (TPSA) is 55.8 Å². The summed E-state index contributed by atoms with van der Waals surface area (Å²) in [5.74, 6) is -0.545. The van der Waals surface area contributed by atoms with Crippen molar-refractivity contribution < 1.29 is 23.5 Å². The zero-order valence-corrected chi connectivity index (χ0v) is 16.3. The van der Waals surface area contributed by atoms with Crippen LogP contribution in [0.3, 0.4) is 0 Å². The molecule has 148 valence electrons. The Bertz CT molecular complexity index is 840. The van der Waals surface area contributed by atoms with Crippen LogP contribution in [0.2, 0.25) is 0 Å². The second-order valence-electron chi connectivity index (χ2n) is 7.85. The van der Waals surface area contributed by atoms with Gasteiger partial charge in [-0.2, -0.15) is 0 Å². The third kappa shape index (κ3) is 5.09. The monoisotopic (exact) mass is 385 g/mol. The van der Waals surface area contributed by atoms with Crippen molar-refractivity contribution in [3.8, 4) is 5.75 Å². The fourth-order valence-corrected chi connectivity index (χ4v) is 2.97. The van der Waals surface area contributed by atoms with E-state index in [0.717, 1.165) is 5.56 Å². The smallest absolute Gasteiger partial charge is 0.311 e. The molecule has 1 aliphatic heterocycles. The van der Waals surface area contributed by atoms with E-state index in [4.69, 9.17) is 9.47 Å². The normalized spacial score (nSPS) is 16.9. The molecular formula is C22H24FNO4. The van der Waals surface area contributed by atoms with Gasteiger partial charge >= 0.3 is 5.97 Å². The van der Waals surface area contributed by atoms with Gasteiger partial charge in [-0.15, -0.1) is 0 Å². The molecule has 5 nitrogen and oxygen atoms in total. The number of benzene rings is 2. The average Bonchev–Trinajstić information content (AvgIpc) is 3.02. The molecule has 1 heterocycles. The number of anilines is 1. The molecule has 0 N–H and O–H groups in total. The Morgan fingerprint density at radius 1 is 1.11 bits per heavy atom. The van der Waals surface area contributed by atoms with E-state index in [9.17, 15) is 14.0 Å². The maximum absolute atomic E-state index is 12.9. The first-order chi connectivity index (χ1) is 13.2. The standard InChI is InChI=1S/C22H24FNO4/c1-22(2,3)28-21(26)16-12-20(25)24(13-16)18-8-10-19(11-9-18)27-14-15-4-6-17(23)7-5-15/h4-11,16H,12-14H2,1-3H3. The predicted molar refractivity (Wildman–Crippen MR) is 103 cm³/mol. The maximum Gasteiger partial charge on any atom is 0.311 e. The number of nitrogens with zero attached hydrogens (tertiary/aromatic N) is 1. The van der Waals surface area contributed by atoms with Gasteiger partial charge in [0.05, 0.1) is 5.92 Å². The van der Waals surface area contributed by atoms with Gasteiger partial charge in [0, 0.05) is 18.7 Å². The van der Waals surface area contributed by atoms with Crippen LogP contribution in [0.4, 0.5) is 10.1 Å². The van der Waals surface area contributed by atoms with Crippen molar-refractivity contribution in [1.29, 1.82) is 0 Å². The summed E-state index contributed by atoms with van der Waals surface area (Å²) in [7, 11) is 0. The van der Waals surface area contributed by atoms with Crippen molar-refractivity contribution in [2.24, 2.45) is 5.92 Å². The lowest BCUT2D eigenvalue weighted by atomic mass is 10.1. The molecule has 1 saturated heterocycles. The lowest BCUT2D eigenvalue weighted by Gasteiger charge is -2.22. The molecule has 1 fully saturated rings. The number of halogens is 1. The predicted octanol–water partition coefficient (Wildman–Crippen LogP) is 4.10. The summed E-state index contributed by atoms with van der Waals surface area (Å²) in [5, 5.41) is 0. The summed E-state index contributed by atoms with van der Waals surface area (Å²) in [6.45, 7) is 6.06. The number of hydrogen-bond donors (Lipinski definition) is 0. The molecule has 3 rings (SSSR count). The summed E-state index contributed by atoms with van der Waals surface area (Å²) in [5.41, 5.74) is 1.00. The SMILES string of the molecule is CC(C)(C)OC(=O)C1CC(=O)N(c2ccc(OCc3ccc(F)cc3)cc2)C1. The van der Waals surface area contributed by atoms with Gasteiger partial charge in [-0.25, -0.2) is 4.39 Å². The summed E-state index contributed by atoms with van der Waals surface area (Å²) in [6.07, 6.45) is 0.151. The first-order valence-corrected chi connectivity index (χ1v) is 9.22. The van der Waals surface area contributed by atoms with Gasteiger partial charge in [0.2, 0.25) is 5.91 Å². The van der Waals surface area contributed by atoms with Crippen LogP contribution in [-0.2, 0) is 20.9 Å². The summed E-state index contributed by atoms with van der Waals surface area (Å²) < 4.78 is 24.0. The fraction of sp³-hybridized carbons (Fsp3) is 0.364. The molecule has 0 aliphatic carbocycles. The van der Waals surface area contributed by atoms with Gasteiger partial charge in [-0.05, 0) is 62.7 Å². The Morgan fingerprint density at radius 2 is 1.75 bits per heavy atom. The zero-order valence-electron chi connectivity index (χ0n) is 16.3. The fourth-order valence-electron chi connectivity index (χ4n) is 2.97. The molecule has 0 aromatic heterocycles. The molecule has 2 aromatic rings. The lowest BCUT2D eigenvalue weighted by Crippen LogP contribution is -2.30. The van der Waals surface area contributed by atoms with Crippen molar-refractivity contribution in [3.05, 3.63) is 59.9 Å². The quantitative estimate of drug-likeness (QED) is 0.727. The molecule has 0 radical (unpaired) electrons. The van der Waals surface area contributed by atoms with Gasteiger partial charge in [0.15, 0.2) is 0 Å². The molecular weight excluding hydrogens is 361 g/mol. The van der Waals surface area contributed by atoms with E-state index < -0.39 is 11.5 Å². The molecule has 0 saturated carbocycles. The molecule has 1 aliphatic rings. The number of carbonyl (C=O) groups excluding carboxylic acids is 2. The molecule has 28 heavy (non-hydrogen) atoms. The van der Waals surface area contributed by atoms with Gasteiger partial charge < -0.3 is 14.4 Å². The molecule has 2 aromatic carbocycles. The maximum atomic E-state index is 12.9. The zero-order chi connectivity index (χ0) is 20.3. The van der Waals surface area contributed by atoms with E-state index in [2.05, 4.69) is 0 Å². The summed E-state index contributed by atoms with van der Waals surface area (Å²) >= 11 is 0. The van der Waals surface area contributed by atoms with Gasteiger partial charge in [-0.1, -0.05) is 12.1 Å². The van der Waals surface area contributed by atoms with Crippen molar-refractivity contribution in [2.75, 3.05) is 11.4 Å². The highest BCUT2D eigenvalue weighted by atomic mass is 19.1. The molecule has 0 spiro atoms. The van der Waals surface area contributed by atoms with Crippen molar-refractivity contribution >= 4 is 17.6 Å². The van der Waals surface area contributed by atoms with Crippen LogP contribution < -0.4 is 9.64 Å². The number of esters is 1. The van der Waals surface area contributed by atoms with Gasteiger partial charge in [0.25, 0.3) is 0 Å². The highest BCUT2D eigenvalue weighted by Gasteiger charge is 2.37. The van der Waals surface area contributed by atoms with Crippen molar-refractivity contribution in [1.82, 2.24) is 0 Å². The van der Waals surface area contributed by atoms with E-state index in [1.807, 2.05) is 20.8 Å². The van der Waals surface area contributed by atoms with E-state index in [1.54, 1.807) is 41.3 Å². The van der Waals surface area contributed by atoms with Crippen LogP contribution in [0.25, 0.3) is 0 Å². The van der Waals surface area contributed by atoms with Crippen LogP contribution in [0, 0.1) is 11.7 Å². The molecule has 1 atom stereocenters. The first kappa shape index (κ1) is 19.9. The Morgan fingerprint density at radius 3 is 2.36 bits per heavy atom. The van der Waals surface area contributed by atoms with E-state index in [1.165, 1.54) is 12.1 Å². The number of rotatable bonds is 5. The Balaban J connectivity index is 1.59. The Labute approximate surface area is 164 Å². The van der Waals surface area contributed by atoms with E-state index in [0.29, 0.717) is 24.6 Å². The average molecular weight is 385 g/mol. The summed E-state index contributed by atoms with van der Waals surface area (Å²) in [4.78, 5) is 26.2. The summed E-state index contributed by atoms with van der Waals surface area (Å²) in [6, 6.07) is 13.2. The van der Waals surface area contributed by atoms with Crippen LogP contribution >= 0.6 is 0 Å². The third-order valence-electron chi connectivity index (χ3n) is 4.33. The molecule has 0 bridgehead atoms. The Kier molecular flexibility index (Phi) is 5.68. The lowest BCUT2D eigenvalue weighted by molar-refractivity contribution is -0.159. The van der Waals surface area contributed by atoms with E-state index >= 15 is 0 Å². The number of carbonyl (C=O) groups is 2. The van der Waals surface area contributed by atoms with Crippen LogP contribution in [0.1, 0.15) is 32.8 Å². The van der Waals surface area contributed by atoms with Gasteiger partial charge in [0.1, 0.15) is 23.8 Å². The minimum absolute atomic E-state index is 0.101. The van der Waals surface area contributed by atoms with Crippen LogP contribution in [0.5, 0.6) is 5.75 Å². The number of hydrogen-bond acceptors (Lipinski definition) is 4. The van der Waals surface area contributed by atoms with Crippen LogP contribution in [-0.4, -0.2) is 24.0 Å². The van der Waals surface area contributed by atoms with Crippen LogP contribution in [0.15, 0.2) is 48.5 Å². The molecule has 1 amide bonds. The second-order valence-corrected chi connectivity index (χ2v) is 7.85.